The zero-order chi connectivity index (χ0) is 24.9. The van der Waals surface area contributed by atoms with Gasteiger partial charge in [-0.25, -0.2) is 4.98 Å². The molecule has 1 fully saturated rings. The van der Waals surface area contributed by atoms with Gasteiger partial charge in [0.1, 0.15) is 11.6 Å². The molecule has 0 bridgehead atoms. The maximum atomic E-state index is 9.71. The quantitative estimate of drug-likeness (QED) is 0.292. The molecule has 0 aliphatic carbocycles. The standard InChI is InChI=1S/C26H34N8O/c1-5-21-22-8-11-29-15-23(22)34(18(3)17(2)16-35)25(21)32-26(27)31-24-7-6-20(14-30-24)33-12-9-19(28-4)10-13-33/h5-8,11,14-15,17,19,28,35H,1,3,9-10,12-13,16H2,2,4H3,(H3,27,30,31,32)/t17-/m1/s1. The van der Waals surface area contributed by atoms with Crippen molar-refractivity contribution in [3.05, 3.63) is 55.5 Å². The molecule has 184 valence electrons. The fraction of sp³-hybridized carbons (Fsp3) is 0.346. The molecular weight excluding hydrogens is 440 g/mol. The van der Waals surface area contributed by atoms with Crippen molar-refractivity contribution in [2.75, 3.05) is 37.0 Å². The summed E-state index contributed by atoms with van der Waals surface area (Å²) in [4.78, 5) is 15.8. The third-order valence-corrected chi connectivity index (χ3v) is 6.62. The second-order valence-electron chi connectivity index (χ2n) is 8.82. The average Bonchev–Trinajstić information content (AvgIpc) is 3.20. The van der Waals surface area contributed by atoms with Crippen LogP contribution in [0.1, 0.15) is 25.3 Å². The number of piperidine rings is 1. The highest BCUT2D eigenvalue weighted by atomic mass is 16.3. The van der Waals surface area contributed by atoms with E-state index in [-0.39, 0.29) is 18.5 Å². The van der Waals surface area contributed by atoms with Gasteiger partial charge in [0.2, 0.25) is 5.96 Å². The second-order valence-corrected chi connectivity index (χ2v) is 8.82. The van der Waals surface area contributed by atoms with E-state index in [0.29, 0.717) is 23.4 Å². The molecule has 1 saturated heterocycles. The highest BCUT2D eigenvalue weighted by Gasteiger charge is 2.21. The maximum Gasteiger partial charge on any atom is 0.201 e. The molecule has 4 rings (SSSR count). The van der Waals surface area contributed by atoms with E-state index in [2.05, 4.69) is 43.7 Å². The number of nitrogens with two attached hydrogens (primary N) is 1. The van der Waals surface area contributed by atoms with Gasteiger partial charge in [0.25, 0.3) is 0 Å². The molecule has 0 amide bonds. The summed E-state index contributed by atoms with van der Waals surface area (Å²) in [6, 6.07) is 6.44. The number of nitrogens with one attached hydrogen (secondary N) is 2. The van der Waals surface area contributed by atoms with E-state index in [1.807, 2.05) is 42.9 Å². The van der Waals surface area contributed by atoms with Crippen LogP contribution in [0.5, 0.6) is 0 Å². The summed E-state index contributed by atoms with van der Waals surface area (Å²) in [6.45, 7) is 12.0. The predicted molar refractivity (Wildman–Crippen MR) is 145 cm³/mol. The summed E-state index contributed by atoms with van der Waals surface area (Å²) in [5.41, 5.74) is 9.73. The Labute approximate surface area is 206 Å². The SMILES string of the molecule is C=Cc1c(/N=C(\N)Nc2ccc(N3CCC(NC)CC3)cn2)n(C(=C)[C@H](C)CO)c2cnccc12. The van der Waals surface area contributed by atoms with Crippen molar-refractivity contribution >= 4 is 46.0 Å². The van der Waals surface area contributed by atoms with E-state index in [1.165, 1.54) is 0 Å². The first-order chi connectivity index (χ1) is 17.0. The van der Waals surface area contributed by atoms with E-state index < -0.39 is 0 Å². The number of hydrogen-bond acceptors (Lipinski definition) is 6. The molecule has 0 spiro atoms. The van der Waals surface area contributed by atoms with Crippen LogP contribution in [0.4, 0.5) is 17.3 Å². The van der Waals surface area contributed by atoms with Gasteiger partial charge < -0.3 is 26.4 Å². The molecule has 35 heavy (non-hydrogen) atoms. The monoisotopic (exact) mass is 474 g/mol. The zero-order valence-electron chi connectivity index (χ0n) is 20.4. The van der Waals surface area contributed by atoms with Crippen LogP contribution in [0.25, 0.3) is 22.7 Å². The lowest BCUT2D eigenvalue weighted by Gasteiger charge is -2.33. The Morgan fingerprint density at radius 2 is 2.09 bits per heavy atom. The first-order valence-electron chi connectivity index (χ1n) is 11.9. The van der Waals surface area contributed by atoms with Crippen LogP contribution in [0.15, 0.2) is 54.9 Å². The Morgan fingerprint density at radius 3 is 2.71 bits per heavy atom. The molecule has 9 nitrogen and oxygen atoms in total. The molecule has 3 aromatic heterocycles. The van der Waals surface area contributed by atoms with Gasteiger partial charge in [-0.05, 0) is 38.1 Å². The van der Waals surface area contributed by atoms with Crippen LogP contribution in [-0.4, -0.2) is 58.4 Å². The fourth-order valence-electron chi connectivity index (χ4n) is 4.42. The van der Waals surface area contributed by atoms with Gasteiger partial charge in [-0.15, -0.1) is 0 Å². The second kappa shape index (κ2) is 10.7. The number of aliphatic hydroxyl groups is 1. The van der Waals surface area contributed by atoms with Crippen molar-refractivity contribution in [2.24, 2.45) is 16.6 Å². The van der Waals surface area contributed by atoms with Gasteiger partial charge in [-0.2, -0.15) is 4.99 Å². The third kappa shape index (κ3) is 5.06. The number of anilines is 2. The molecule has 5 N–H and O–H groups in total. The van der Waals surface area contributed by atoms with Crippen molar-refractivity contribution in [3.8, 4) is 0 Å². The number of fused-ring (bicyclic) bond motifs is 1. The Kier molecular flexibility index (Phi) is 7.48. The fourth-order valence-corrected chi connectivity index (χ4v) is 4.42. The van der Waals surface area contributed by atoms with Crippen LogP contribution < -0.4 is 21.3 Å². The molecular formula is C26H34N8O. The summed E-state index contributed by atoms with van der Waals surface area (Å²) < 4.78 is 1.88. The molecule has 0 aromatic carbocycles. The van der Waals surface area contributed by atoms with Crippen LogP contribution in [0.3, 0.4) is 0 Å². The normalized spacial score (nSPS) is 15.9. The number of aliphatic hydroxyl groups excluding tert-OH is 1. The van der Waals surface area contributed by atoms with Gasteiger partial charge in [0.15, 0.2) is 0 Å². The topological polar surface area (TPSA) is 117 Å². The Balaban J connectivity index is 1.60. The largest absolute Gasteiger partial charge is 0.396 e. The molecule has 4 heterocycles. The van der Waals surface area contributed by atoms with Crippen LogP contribution in [0.2, 0.25) is 0 Å². The van der Waals surface area contributed by atoms with E-state index >= 15 is 0 Å². The Hall–Kier alpha value is -3.69. The maximum absolute atomic E-state index is 9.71. The summed E-state index contributed by atoms with van der Waals surface area (Å²) >= 11 is 0. The van der Waals surface area contributed by atoms with Crippen LogP contribution in [-0.2, 0) is 0 Å². The Bertz CT molecular complexity index is 1220. The highest BCUT2D eigenvalue weighted by Crippen LogP contribution is 2.37. The minimum Gasteiger partial charge on any atom is -0.396 e. The van der Waals surface area contributed by atoms with Crippen molar-refractivity contribution in [3.63, 3.8) is 0 Å². The number of rotatable bonds is 8. The number of aliphatic imine (C=N–C) groups is 1. The third-order valence-electron chi connectivity index (χ3n) is 6.62. The lowest BCUT2D eigenvalue weighted by molar-refractivity contribution is 0.263. The van der Waals surface area contributed by atoms with Crippen LogP contribution in [0, 0.1) is 5.92 Å². The first-order valence-corrected chi connectivity index (χ1v) is 11.9. The summed E-state index contributed by atoms with van der Waals surface area (Å²) in [5, 5.41) is 17.1. The Morgan fingerprint density at radius 1 is 1.31 bits per heavy atom. The molecule has 3 aromatic rings. The number of hydrogen-bond donors (Lipinski definition) is 4. The van der Waals surface area contributed by atoms with Crippen molar-refractivity contribution < 1.29 is 5.11 Å². The first kappa shape index (κ1) is 24.4. The van der Waals surface area contributed by atoms with Crippen molar-refractivity contribution in [1.29, 1.82) is 0 Å². The van der Waals surface area contributed by atoms with Gasteiger partial charge in [-0.1, -0.05) is 26.2 Å². The van der Waals surface area contributed by atoms with Gasteiger partial charge in [0, 0.05) is 47.9 Å². The van der Waals surface area contributed by atoms with Gasteiger partial charge >= 0.3 is 0 Å². The lowest BCUT2D eigenvalue weighted by Crippen LogP contribution is -2.41. The molecule has 1 aliphatic heterocycles. The van der Waals surface area contributed by atoms with Gasteiger partial charge in [0.05, 0.1) is 30.2 Å². The molecule has 1 aliphatic rings. The van der Waals surface area contributed by atoms with E-state index in [1.54, 1.807) is 18.5 Å². The van der Waals surface area contributed by atoms with Crippen molar-refractivity contribution in [2.45, 2.75) is 25.8 Å². The van der Waals surface area contributed by atoms with E-state index in [4.69, 9.17) is 5.73 Å². The smallest absolute Gasteiger partial charge is 0.201 e. The minimum absolute atomic E-state index is 0.0397. The highest BCUT2D eigenvalue weighted by molar-refractivity contribution is 6.00. The number of pyridine rings is 2. The number of nitrogens with zero attached hydrogens (tertiary/aromatic N) is 5. The molecule has 0 unspecified atom stereocenters. The van der Waals surface area contributed by atoms with Crippen LogP contribution >= 0.6 is 0 Å². The molecule has 9 heteroatoms. The summed E-state index contributed by atoms with van der Waals surface area (Å²) in [5.74, 6) is 1.18. The lowest BCUT2D eigenvalue weighted by atomic mass is 10.1. The minimum atomic E-state index is -0.181. The van der Waals surface area contributed by atoms with E-state index in [0.717, 1.165) is 48.1 Å². The average molecular weight is 475 g/mol. The molecule has 1 atom stereocenters. The summed E-state index contributed by atoms with van der Waals surface area (Å²) in [6.07, 6.45) is 9.31. The molecule has 0 radical (unpaired) electrons. The van der Waals surface area contributed by atoms with Crippen molar-refractivity contribution in [1.82, 2.24) is 19.9 Å². The number of aromatic nitrogens is 3. The van der Waals surface area contributed by atoms with Gasteiger partial charge in [-0.3, -0.25) is 9.55 Å². The molecule has 0 saturated carbocycles. The predicted octanol–water partition coefficient (Wildman–Crippen LogP) is 3.42. The number of guanidine groups is 1. The summed E-state index contributed by atoms with van der Waals surface area (Å²) in [7, 11) is 2.02. The van der Waals surface area contributed by atoms with E-state index in [9.17, 15) is 5.11 Å². The zero-order valence-corrected chi connectivity index (χ0v) is 20.4.